The third kappa shape index (κ3) is 4.09. The van der Waals surface area contributed by atoms with Crippen LogP contribution in [0, 0.1) is 6.92 Å². The van der Waals surface area contributed by atoms with E-state index in [1.165, 1.54) is 0 Å². The second-order valence-corrected chi connectivity index (χ2v) is 6.25. The molecule has 0 atom stereocenters. The van der Waals surface area contributed by atoms with Crippen LogP contribution in [0.15, 0.2) is 40.9 Å². The molecular weight excluding hydrogens is 379 g/mol. The third-order valence-corrected chi connectivity index (χ3v) is 4.45. The monoisotopic (exact) mass is 388 g/mol. The van der Waals surface area contributed by atoms with Crippen LogP contribution in [-0.2, 0) is 0 Å². The molecule has 0 spiro atoms. The maximum atomic E-state index is 6.07. The molecule has 0 radical (unpaired) electrons. The van der Waals surface area contributed by atoms with Crippen LogP contribution in [0.5, 0.6) is 0 Å². The van der Waals surface area contributed by atoms with Gasteiger partial charge in [-0.1, -0.05) is 29.3 Å². The maximum Gasteiger partial charge on any atom is 0.175 e. The largest absolute Gasteiger partial charge is 0.332 e. The van der Waals surface area contributed by atoms with Gasteiger partial charge in [0.25, 0.3) is 0 Å². The molecule has 2 aromatic carbocycles. The average molecular weight is 390 g/mol. The highest BCUT2D eigenvalue weighted by atomic mass is 79.9. The Morgan fingerprint density at radius 3 is 2.10 bits per heavy atom. The van der Waals surface area contributed by atoms with Gasteiger partial charge < -0.3 is 10.6 Å². The fraction of sp³-hybridized carbons (Fsp3) is 0.0714. The number of anilines is 2. The van der Waals surface area contributed by atoms with E-state index in [1.54, 1.807) is 6.07 Å². The van der Waals surface area contributed by atoms with Crippen molar-refractivity contribution in [1.82, 2.24) is 0 Å². The van der Waals surface area contributed by atoms with E-state index in [0.717, 1.165) is 21.4 Å². The van der Waals surface area contributed by atoms with Crippen molar-refractivity contribution in [3.63, 3.8) is 0 Å². The molecule has 0 fully saturated rings. The molecule has 0 bridgehead atoms. The van der Waals surface area contributed by atoms with Gasteiger partial charge in [-0.25, -0.2) is 0 Å². The Morgan fingerprint density at radius 1 is 1.00 bits per heavy atom. The maximum absolute atomic E-state index is 6.07. The van der Waals surface area contributed by atoms with E-state index < -0.39 is 0 Å². The molecule has 0 amide bonds. The van der Waals surface area contributed by atoms with Gasteiger partial charge in [0.05, 0.1) is 5.02 Å². The van der Waals surface area contributed by atoms with Crippen molar-refractivity contribution in [3.05, 3.63) is 56.5 Å². The molecule has 0 saturated heterocycles. The average Bonchev–Trinajstić information content (AvgIpc) is 2.38. The lowest BCUT2D eigenvalue weighted by atomic mass is 10.2. The summed E-state index contributed by atoms with van der Waals surface area (Å²) in [6, 6.07) is 11.2. The standard InChI is InChI=1S/C14H11BrCl2N2S/c1-8-2-3-9(6-12(8)16)18-14(20)19-10-4-5-11(15)13(17)7-10/h2-7H,1H3,(H2,18,19,20). The molecule has 2 aromatic rings. The van der Waals surface area contributed by atoms with Crippen LogP contribution in [0.4, 0.5) is 11.4 Å². The molecule has 2 N–H and O–H groups in total. The second kappa shape index (κ2) is 6.76. The minimum absolute atomic E-state index is 0.475. The SMILES string of the molecule is Cc1ccc(NC(=S)Nc2ccc(Br)c(Cl)c2)cc1Cl. The van der Waals surface area contributed by atoms with Crippen LogP contribution >= 0.6 is 51.3 Å². The van der Waals surface area contributed by atoms with Crippen LogP contribution in [0.2, 0.25) is 10.0 Å². The fourth-order valence-corrected chi connectivity index (χ4v) is 2.38. The zero-order chi connectivity index (χ0) is 14.7. The Morgan fingerprint density at radius 2 is 1.55 bits per heavy atom. The van der Waals surface area contributed by atoms with Gasteiger partial charge in [0.1, 0.15) is 0 Å². The number of benzene rings is 2. The number of aryl methyl sites for hydroxylation is 1. The normalized spacial score (nSPS) is 10.2. The van der Waals surface area contributed by atoms with Gasteiger partial charge in [0.15, 0.2) is 5.11 Å². The van der Waals surface area contributed by atoms with Crippen molar-refractivity contribution in [1.29, 1.82) is 0 Å². The summed E-state index contributed by atoms with van der Waals surface area (Å²) in [5.74, 6) is 0. The smallest absolute Gasteiger partial charge is 0.175 e. The topological polar surface area (TPSA) is 24.1 Å². The Balaban J connectivity index is 2.04. The van der Waals surface area contributed by atoms with E-state index in [1.807, 2.05) is 37.3 Å². The van der Waals surface area contributed by atoms with Crippen molar-refractivity contribution >= 4 is 67.8 Å². The highest BCUT2D eigenvalue weighted by molar-refractivity contribution is 9.10. The summed E-state index contributed by atoms with van der Waals surface area (Å²) < 4.78 is 0.842. The first-order chi connectivity index (χ1) is 9.45. The first kappa shape index (κ1) is 15.6. The molecule has 20 heavy (non-hydrogen) atoms. The highest BCUT2D eigenvalue weighted by Crippen LogP contribution is 2.26. The predicted octanol–water partition coefficient (Wildman–Crippen LogP) is 5.87. The molecule has 0 aromatic heterocycles. The van der Waals surface area contributed by atoms with E-state index in [4.69, 9.17) is 35.4 Å². The van der Waals surface area contributed by atoms with Crippen LogP contribution in [0.3, 0.4) is 0 Å². The van der Waals surface area contributed by atoms with E-state index >= 15 is 0 Å². The Kier molecular flexibility index (Phi) is 5.27. The molecule has 0 unspecified atom stereocenters. The molecule has 0 heterocycles. The van der Waals surface area contributed by atoms with Crippen LogP contribution in [-0.4, -0.2) is 5.11 Å². The Bertz CT molecular complexity index is 606. The van der Waals surface area contributed by atoms with Crippen LogP contribution < -0.4 is 10.6 Å². The lowest BCUT2D eigenvalue weighted by Crippen LogP contribution is -2.19. The van der Waals surface area contributed by atoms with Gasteiger partial charge in [-0.15, -0.1) is 0 Å². The molecule has 0 aliphatic heterocycles. The number of thiocarbonyl (C=S) groups is 1. The van der Waals surface area contributed by atoms with Crippen LogP contribution in [0.1, 0.15) is 5.56 Å². The number of rotatable bonds is 2. The number of hydrogen-bond donors (Lipinski definition) is 2. The Hall–Kier alpha value is -0.810. The zero-order valence-electron chi connectivity index (χ0n) is 10.5. The van der Waals surface area contributed by atoms with Gasteiger partial charge in [0.2, 0.25) is 0 Å². The summed E-state index contributed by atoms with van der Waals surface area (Å²) in [7, 11) is 0. The van der Waals surface area contributed by atoms with E-state index in [-0.39, 0.29) is 0 Å². The summed E-state index contributed by atoms with van der Waals surface area (Å²) >= 11 is 20.7. The first-order valence-electron chi connectivity index (χ1n) is 5.75. The van der Waals surface area contributed by atoms with Crippen LogP contribution in [0.25, 0.3) is 0 Å². The number of hydrogen-bond acceptors (Lipinski definition) is 1. The molecule has 6 heteroatoms. The Labute approximate surface area is 141 Å². The van der Waals surface area contributed by atoms with Crippen molar-refractivity contribution in [3.8, 4) is 0 Å². The van der Waals surface area contributed by atoms with Gasteiger partial charge in [-0.2, -0.15) is 0 Å². The van der Waals surface area contributed by atoms with Crippen molar-refractivity contribution in [2.75, 3.05) is 10.6 Å². The summed E-state index contributed by atoms with van der Waals surface area (Å²) in [6.07, 6.45) is 0. The van der Waals surface area contributed by atoms with E-state index in [2.05, 4.69) is 26.6 Å². The summed E-state index contributed by atoms with van der Waals surface area (Å²) in [5, 5.41) is 7.93. The van der Waals surface area contributed by atoms with Gasteiger partial charge in [-0.05, 0) is 71.0 Å². The summed E-state index contributed by atoms with van der Waals surface area (Å²) in [4.78, 5) is 0. The molecule has 2 rings (SSSR count). The third-order valence-electron chi connectivity index (χ3n) is 2.61. The minimum atomic E-state index is 0.475. The molecule has 104 valence electrons. The van der Waals surface area contributed by atoms with Crippen molar-refractivity contribution in [2.45, 2.75) is 6.92 Å². The van der Waals surface area contributed by atoms with Gasteiger partial charge >= 0.3 is 0 Å². The van der Waals surface area contributed by atoms with E-state index in [9.17, 15) is 0 Å². The lowest BCUT2D eigenvalue weighted by Gasteiger charge is -2.12. The highest BCUT2D eigenvalue weighted by Gasteiger charge is 2.03. The van der Waals surface area contributed by atoms with Crippen molar-refractivity contribution < 1.29 is 0 Å². The summed E-state index contributed by atoms with van der Waals surface area (Å²) in [6.45, 7) is 1.95. The predicted molar refractivity (Wildman–Crippen MR) is 95.2 cm³/mol. The first-order valence-corrected chi connectivity index (χ1v) is 7.70. The second-order valence-electron chi connectivity index (χ2n) is 4.17. The molecule has 0 aliphatic rings. The number of halogens is 3. The van der Waals surface area contributed by atoms with Gasteiger partial charge in [-0.3, -0.25) is 0 Å². The molecule has 0 aliphatic carbocycles. The molecule has 0 saturated carbocycles. The molecule has 2 nitrogen and oxygen atoms in total. The molecular formula is C14H11BrCl2N2S. The quantitative estimate of drug-likeness (QED) is 0.627. The fourth-order valence-electron chi connectivity index (χ4n) is 1.54. The van der Waals surface area contributed by atoms with Crippen molar-refractivity contribution in [2.24, 2.45) is 0 Å². The zero-order valence-corrected chi connectivity index (χ0v) is 14.4. The number of nitrogens with one attached hydrogen (secondary N) is 2. The van der Waals surface area contributed by atoms with Gasteiger partial charge in [0, 0.05) is 20.9 Å². The summed E-state index contributed by atoms with van der Waals surface area (Å²) in [5.41, 5.74) is 2.67. The lowest BCUT2D eigenvalue weighted by molar-refractivity contribution is 1.46. The van der Waals surface area contributed by atoms with E-state index in [0.29, 0.717) is 15.2 Å². The minimum Gasteiger partial charge on any atom is -0.332 e.